The number of furan rings is 1. The maximum absolute atomic E-state index is 12.5. The highest BCUT2D eigenvalue weighted by atomic mass is 16.3. The molecule has 5 heteroatoms. The number of carbonyl (C=O) groups excluding carboxylic acids is 1. The fourth-order valence-corrected chi connectivity index (χ4v) is 4.12. The Morgan fingerprint density at radius 3 is 2.92 bits per heavy atom. The number of pyridine rings is 1. The molecule has 2 aliphatic heterocycles. The largest absolute Gasteiger partial charge is 0.472 e. The molecule has 0 spiro atoms. The normalized spacial score (nSPS) is 24.4. The fourth-order valence-electron chi connectivity index (χ4n) is 4.12. The molecule has 0 radical (unpaired) electrons. The van der Waals surface area contributed by atoms with E-state index < -0.39 is 0 Å². The summed E-state index contributed by atoms with van der Waals surface area (Å²) >= 11 is 0. The van der Waals surface area contributed by atoms with Gasteiger partial charge in [-0.3, -0.25) is 14.7 Å². The first-order valence-electron chi connectivity index (χ1n) is 8.68. The number of aromatic nitrogens is 1. The van der Waals surface area contributed by atoms with Gasteiger partial charge in [0.15, 0.2) is 0 Å². The number of hydrogen-bond donors (Lipinski definition) is 0. The minimum atomic E-state index is 0.268. The average Bonchev–Trinajstić information content (AvgIpc) is 3.21. The number of piperidine rings is 1. The number of rotatable bonds is 4. The smallest absolute Gasteiger partial charge is 0.223 e. The minimum absolute atomic E-state index is 0.268. The van der Waals surface area contributed by atoms with Gasteiger partial charge >= 0.3 is 0 Å². The monoisotopic (exact) mass is 325 g/mol. The van der Waals surface area contributed by atoms with E-state index in [-0.39, 0.29) is 5.91 Å². The van der Waals surface area contributed by atoms with Crippen LogP contribution in [0.15, 0.2) is 41.2 Å². The first-order chi connectivity index (χ1) is 11.7. The zero-order chi connectivity index (χ0) is 16.5. The molecular weight excluding hydrogens is 302 g/mol. The molecule has 2 atom stereocenters. The second-order valence-corrected chi connectivity index (χ2v) is 6.86. The molecular formula is C19H23N3O2. The Kier molecular flexibility index (Phi) is 4.10. The molecule has 5 nitrogen and oxygen atoms in total. The lowest BCUT2D eigenvalue weighted by molar-refractivity contribution is -0.138. The Labute approximate surface area is 142 Å². The van der Waals surface area contributed by atoms with E-state index in [1.807, 2.05) is 37.5 Å². The Hall–Kier alpha value is -2.14. The van der Waals surface area contributed by atoms with E-state index >= 15 is 0 Å². The minimum Gasteiger partial charge on any atom is -0.472 e. The number of nitrogens with zero attached hydrogens (tertiary/aromatic N) is 3. The van der Waals surface area contributed by atoms with Crippen molar-refractivity contribution in [2.24, 2.45) is 0 Å². The Bertz CT molecular complexity index is 713. The van der Waals surface area contributed by atoms with Crippen molar-refractivity contribution in [3.05, 3.63) is 53.7 Å². The summed E-state index contributed by atoms with van der Waals surface area (Å²) in [7, 11) is 0. The summed E-state index contributed by atoms with van der Waals surface area (Å²) in [5, 5.41) is 0. The number of hydrogen-bond acceptors (Lipinski definition) is 4. The molecule has 4 rings (SSSR count). The molecule has 2 saturated heterocycles. The second kappa shape index (κ2) is 6.40. The van der Waals surface area contributed by atoms with Gasteiger partial charge in [-0.25, -0.2) is 0 Å². The Morgan fingerprint density at radius 1 is 1.21 bits per heavy atom. The average molecular weight is 325 g/mol. The molecule has 0 saturated carbocycles. The maximum Gasteiger partial charge on any atom is 0.223 e. The summed E-state index contributed by atoms with van der Waals surface area (Å²) in [5.74, 6) is 0.268. The summed E-state index contributed by atoms with van der Waals surface area (Å²) < 4.78 is 5.19. The first-order valence-corrected chi connectivity index (χ1v) is 8.68. The predicted molar refractivity (Wildman–Crippen MR) is 90.1 cm³/mol. The molecule has 0 aromatic carbocycles. The zero-order valence-corrected chi connectivity index (χ0v) is 14.0. The van der Waals surface area contributed by atoms with Crippen LogP contribution in [-0.4, -0.2) is 39.3 Å². The Balaban J connectivity index is 1.50. The van der Waals surface area contributed by atoms with Gasteiger partial charge < -0.3 is 9.32 Å². The van der Waals surface area contributed by atoms with Gasteiger partial charge in [0.25, 0.3) is 0 Å². The van der Waals surface area contributed by atoms with Crippen LogP contribution in [-0.2, 0) is 17.9 Å². The van der Waals surface area contributed by atoms with Crippen LogP contribution in [0.4, 0.5) is 0 Å². The van der Waals surface area contributed by atoms with Crippen molar-refractivity contribution >= 4 is 5.91 Å². The molecule has 24 heavy (non-hydrogen) atoms. The molecule has 1 amide bonds. The van der Waals surface area contributed by atoms with Crippen molar-refractivity contribution < 1.29 is 9.21 Å². The van der Waals surface area contributed by atoms with Crippen LogP contribution in [0.25, 0.3) is 0 Å². The van der Waals surface area contributed by atoms with Crippen LogP contribution >= 0.6 is 0 Å². The molecule has 126 valence electrons. The molecule has 2 aromatic heterocycles. The van der Waals surface area contributed by atoms with Gasteiger partial charge in [-0.15, -0.1) is 0 Å². The first kappa shape index (κ1) is 15.4. The molecule has 4 heterocycles. The second-order valence-electron chi connectivity index (χ2n) is 6.86. The summed E-state index contributed by atoms with van der Waals surface area (Å²) in [4.78, 5) is 21.6. The lowest BCUT2D eigenvalue weighted by Crippen LogP contribution is -2.51. The van der Waals surface area contributed by atoms with Crippen molar-refractivity contribution in [2.75, 3.05) is 6.54 Å². The van der Waals surface area contributed by atoms with Crippen LogP contribution in [0, 0.1) is 6.92 Å². The topological polar surface area (TPSA) is 49.6 Å². The van der Waals surface area contributed by atoms with Crippen molar-refractivity contribution in [1.29, 1.82) is 0 Å². The highest BCUT2D eigenvalue weighted by Gasteiger charge is 2.42. The number of amides is 1. The van der Waals surface area contributed by atoms with Crippen LogP contribution < -0.4 is 0 Å². The predicted octanol–water partition coefficient (Wildman–Crippen LogP) is 2.75. The SMILES string of the molecule is Cc1cccc(CN2C(=O)CC[C@@H]3[C@H]2CCN3Cc2ccoc2)n1. The van der Waals surface area contributed by atoms with Crippen molar-refractivity contribution in [3.63, 3.8) is 0 Å². The maximum atomic E-state index is 12.5. The summed E-state index contributed by atoms with van der Waals surface area (Å²) in [6.07, 6.45) is 6.17. The third-order valence-electron chi connectivity index (χ3n) is 5.24. The van der Waals surface area contributed by atoms with Gasteiger partial charge in [0, 0.05) is 42.9 Å². The molecule has 0 bridgehead atoms. The lowest BCUT2D eigenvalue weighted by atomic mass is 9.96. The highest BCUT2D eigenvalue weighted by Crippen LogP contribution is 2.33. The van der Waals surface area contributed by atoms with Gasteiger partial charge in [0.1, 0.15) is 0 Å². The zero-order valence-electron chi connectivity index (χ0n) is 14.0. The van der Waals surface area contributed by atoms with Gasteiger partial charge in [0.05, 0.1) is 24.8 Å². The van der Waals surface area contributed by atoms with Crippen molar-refractivity contribution in [1.82, 2.24) is 14.8 Å². The number of likely N-dealkylation sites (tertiary alicyclic amines) is 2. The van der Waals surface area contributed by atoms with E-state index in [0.717, 1.165) is 37.3 Å². The number of fused-ring (bicyclic) bond motifs is 1. The van der Waals surface area contributed by atoms with E-state index in [9.17, 15) is 4.79 Å². The van der Waals surface area contributed by atoms with E-state index in [2.05, 4.69) is 14.8 Å². The van der Waals surface area contributed by atoms with Crippen LogP contribution in [0.2, 0.25) is 0 Å². The van der Waals surface area contributed by atoms with Crippen LogP contribution in [0.3, 0.4) is 0 Å². The molecule has 0 N–H and O–H groups in total. The van der Waals surface area contributed by atoms with Gasteiger partial charge in [-0.2, -0.15) is 0 Å². The number of carbonyl (C=O) groups is 1. The molecule has 2 aromatic rings. The third-order valence-corrected chi connectivity index (χ3v) is 5.24. The molecule has 2 fully saturated rings. The van der Waals surface area contributed by atoms with E-state index in [1.54, 1.807) is 6.26 Å². The highest BCUT2D eigenvalue weighted by molar-refractivity contribution is 5.77. The van der Waals surface area contributed by atoms with Crippen molar-refractivity contribution in [2.45, 2.75) is 51.4 Å². The molecule has 0 aliphatic carbocycles. The third kappa shape index (κ3) is 2.96. The Morgan fingerprint density at radius 2 is 2.12 bits per heavy atom. The van der Waals surface area contributed by atoms with E-state index in [1.165, 1.54) is 5.56 Å². The van der Waals surface area contributed by atoms with Gasteiger partial charge in [-0.05, 0) is 38.0 Å². The van der Waals surface area contributed by atoms with Gasteiger partial charge in [0.2, 0.25) is 5.91 Å². The summed E-state index contributed by atoms with van der Waals surface area (Å²) in [5.41, 5.74) is 3.19. The van der Waals surface area contributed by atoms with E-state index in [4.69, 9.17) is 4.42 Å². The number of aryl methyl sites for hydroxylation is 1. The van der Waals surface area contributed by atoms with Crippen LogP contribution in [0.1, 0.15) is 36.2 Å². The fraction of sp³-hybridized carbons (Fsp3) is 0.474. The lowest BCUT2D eigenvalue weighted by Gasteiger charge is -2.39. The van der Waals surface area contributed by atoms with Crippen LogP contribution in [0.5, 0.6) is 0 Å². The quantitative estimate of drug-likeness (QED) is 0.867. The summed E-state index contributed by atoms with van der Waals surface area (Å²) in [6.45, 7) is 4.56. The molecule has 0 unspecified atom stereocenters. The summed E-state index contributed by atoms with van der Waals surface area (Å²) in [6, 6.07) is 8.80. The molecule has 2 aliphatic rings. The van der Waals surface area contributed by atoms with Gasteiger partial charge in [-0.1, -0.05) is 6.07 Å². The standard InChI is InChI=1S/C19H23N3O2/c1-14-3-2-4-16(20-14)12-22-18-7-9-21(11-15-8-10-24-13-15)17(18)5-6-19(22)23/h2-4,8,10,13,17-18H,5-7,9,11-12H2,1H3/t17-,18-/m1/s1. The van der Waals surface area contributed by atoms with E-state index in [0.29, 0.717) is 25.0 Å². The van der Waals surface area contributed by atoms with Crippen molar-refractivity contribution in [3.8, 4) is 0 Å².